The number of ether oxygens (including phenoxy) is 1. The first-order chi connectivity index (χ1) is 6.02. The van der Waals surface area contributed by atoms with Crippen molar-refractivity contribution in [1.29, 1.82) is 0 Å². The van der Waals surface area contributed by atoms with Gasteiger partial charge in [0.2, 0.25) is 0 Å². The molecule has 1 saturated heterocycles. The number of thioether (sulfide) groups is 1. The molecule has 13 heavy (non-hydrogen) atoms. The monoisotopic (exact) mass is 205 g/mol. The Bertz CT molecular complexity index is 192. The molecule has 0 aliphatic carbocycles. The summed E-state index contributed by atoms with van der Waals surface area (Å²) >= 11 is 1.74. The third-order valence-corrected chi connectivity index (χ3v) is 3.25. The second-order valence-electron chi connectivity index (χ2n) is 3.50. The minimum Gasteiger partial charge on any atom is -0.480 e. The number of hydrogen-bond donors (Lipinski definition) is 2. The number of aliphatic carboxylic acids is 1. The summed E-state index contributed by atoms with van der Waals surface area (Å²) < 4.78 is 5.00. The zero-order chi connectivity index (χ0) is 9.90. The predicted molar refractivity (Wildman–Crippen MR) is 51.9 cm³/mol. The summed E-state index contributed by atoms with van der Waals surface area (Å²) in [7, 11) is 0. The Morgan fingerprint density at radius 2 is 2.38 bits per heavy atom. The molecule has 0 amide bonds. The molecular formula is C8H15NO3S. The fourth-order valence-electron chi connectivity index (χ4n) is 0.855. The normalized spacial score (nSPS) is 22.0. The average Bonchev–Trinajstić information content (AvgIpc) is 1.94. The van der Waals surface area contributed by atoms with E-state index in [-0.39, 0.29) is 0 Å². The van der Waals surface area contributed by atoms with E-state index < -0.39 is 11.5 Å². The summed E-state index contributed by atoms with van der Waals surface area (Å²) in [5, 5.41) is 9.26. The van der Waals surface area contributed by atoms with Gasteiger partial charge < -0.3 is 15.6 Å². The number of nitrogens with two attached hydrogens (primary N) is 1. The molecule has 0 spiro atoms. The van der Waals surface area contributed by atoms with Crippen LogP contribution in [0.2, 0.25) is 0 Å². The van der Waals surface area contributed by atoms with Crippen molar-refractivity contribution >= 4 is 17.7 Å². The largest absolute Gasteiger partial charge is 0.480 e. The third kappa shape index (κ3) is 3.17. The van der Waals surface area contributed by atoms with Gasteiger partial charge in [-0.1, -0.05) is 0 Å². The summed E-state index contributed by atoms with van der Waals surface area (Å²) in [6.45, 7) is 3.13. The highest BCUT2D eigenvalue weighted by Gasteiger charge is 2.28. The molecular weight excluding hydrogens is 190 g/mol. The molecule has 4 nitrogen and oxygen atoms in total. The minimum atomic E-state index is -1.09. The van der Waals surface area contributed by atoms with Gasteiger partial charge in [0, 0.05) is 0 Å². The Hall–Kier alpha value is -0.260. The van der Waals surface area contributed by atoms with Crippen LogP contribution >= 0.6 is 11.8 Å². The summed E-state index contributed by atoms with van der Waals surface area (Å²) in [6, 6.07) is 0. The average molecular weight is 205 g/mol. The fraction of sp³-hybridized carbons (Fsp3) is 0.875. The third-order valence-electron chi connectivity index (χ3n) is 2.07. The van der Waals surface area contributed by atoms with E-state index in [4.69, 9.17) is 15.6 Å². The number of hydrogen-bond acceptors (Lipinski definition) is 4. The van der Waals surface area contributed by atoms with Crippen molar-refractivity contribution in [3.8, 4) is 0 Å². The van der Waals surface area contributed by atoms with Crippen molar-refractivity contribution in [3.63, 3.8) is 0 Å². The van der Waals surface area contributed by atoms with E-state index in [0.29, 0.717) is 11.7 Å². The molecule has 1 fully saturated rings. The van der Waals surface area contributed by atoms with Crippen LogP contribution in [0.5, 0.6) is 0 Å². The molecule has 1 atom stereocenters. The van der Waals surface area contributed by atoms with Crippen LogP contribution in [0.25, 0.3) is 0 Å². The lowest BCUT2D eigenvalue weighted by atomic mass is 10.0. The van der Waals surface area contributed by atoms with Gasteiger partial charge >= 0.3 is 5.97 Å². The Kier molecular flexibility index (Phi) is 3.58. The van der Waals surface area contributed by atoms with Gasteiger partial charge in [0.25, 0.3) is 0 Å². The lowest BCUT2D eigenvalue weighted by Crippen LogP contribution is -2.45. The van der Waals surface area contributed by atoms with E-state index in [1.54, 1.807) is 18.7 Å². The standard InChI is InChI=1S/C8H15NO3S/c1-8(9,7(10)11)2-3-13-6-4-12-5-6/h6H,2-5,9H2,1H3,(H,10,11). The highest BCUT2D eigenvalue weighted by atomic mass is 32.2. The van der Waals surface area contributed by atoms with Gasteiger partial charge in [0.05, 0.1) is 18.5 Å². The van der Waals surface area contributed by atoms with Crippen LogP contribution in [0, 0.1) is 0 Å². The van der Waals surface area contributed by atoms with Gasteiger partial charge in [-0.3, -0.25) is 4.79 Å². The molecule has 0 bridgehead atoms. The van der Waals surface area contributed by atoms with Crippen molar-refractivity contribution in [2.24, 2.45) is 5.73 Å². The van der Waals surface area contributed by atoms with E-state index >= 15 is 0 Å². The minimum absolute atomic E-state index is 0.503. The lowest BCUT2D eigenvalue weighted by Gasteiger charge is -2.26. The lowest BCUT2D eigenvalue weighted by molar-refractivity contribution is -0.142. The maximum atomic E-state index is 10.6. The number of rotatable bonds is 5. The SMILES string of the molecule is CC(N)(CCSC1COC1)C(=O)O. The van der Waals surface area contributed by atoms with Crippen molar-refractivity contribution in [1.82, 2.24) is 0 Å². The van der Waals surface area contributed by atoms with E-state index in [1.807, 2.05) is 0 Å². The molecule has 3 N–H and O–H groups in total. The first-order valence-electron chi connectivity index (χ1n) is 4.24. The van der Waals surface area contributed by atoms with Crippen molar-refractivity contribution in [2.75, 3.05) is 19.0 Å². The van der Waals surface area contributed by atoms with E-state index in [9.17, 15) is 4.79 Å². The van der Waals surface area contributed by atoms with E-state index in [2.05, 4.69) is 0 Å². The molecule has 0 aromatic rings. The number of carboxylic acids is 1. The smallest absolute Gasteiger partial charge is 0.323 e. The maximum Gasteiger partial charge on any atom is 0.323 e. The molecule has 0 aromatic heterocycles. The Labute approximate surface area is 81.8 Å². The van der Waals surface area contributed by atoms with Crippen LogP contribution in [-0.4, -0.2) is 40.8 Å². The van der Waals surface area contributed by atoms with Crippen LogP contribution in [0.15, 0.2) is 0 Å². The van der Waals surface area contributed by atoms with Crippen LogP contribution in [0.4, 0.5) is 0 Å². The molecule has 1 unspecified atom stereocenters. The maximum absolute atomic E-state index is 10.6. The number of carboxylic acid groups (broad SMARTS) is 1. The first kappa shape index (κ1) is 10.8. The van der Waals surface area contributed by atoms with Gasteiger partial charge in [-0.2, -0.15) is 11.8 Å². The van der Waals surface area contributed by atoms with Gasteiger partial charge in [-0.25, -0.2) is 0 Å². The van der Waals surface area contributed by atoms with Gasteiger partial charge in [0.1, 0.15) is 5.54 Å². The van der Waals surface area contributed by atoms with E-state index in [0.717, 1.165) is 19.0 Å². The summed E-state index contributed by atoms with van der Waals surface area (Å²) in [5.41, 5.74) is 4.48. The zero-order valence-electron chi connectivity index (χ0n) is 7.66. The molecule has 76 valence electrons. The van der Waals surface area contributed by atoms with Gasteiger partial charge in [-0.15, -0.1) is 0 Å². The molecule has 1 aliphatic rings. The quantitative estimate of drug-likeness (QED) is 0.676. The molecule has 5 heteroatoms. The highest BCUT2D eigenvalue weighted by Crippen LogP contribution is 2.21. The van der Waals surface area contributed by atoms with Crippen molar-refractivity contribution in [2.45, 2.75) is 24.1 Å². The van der Waals surface area contributed by atoms with Crippen LogP contribution in [0.1, 0.15) is 13.3 Å². The molecule has 1 aliphatic heterocycles. The molecule has 0 radical (unpaired) electrons. The molecule has 0 aromatic carbocycles. The number of carbonyl (C=O) groups is 1. The summed E-state index contributed by atoms with van der Waals surface area (Å²) in [4.78, 5) is 10.6. The predicted octanol–water partition coefficient (Wildman–Crippen LogP) is 0.311. The van der Waals surface area contributed by atoms with E-state index in [1.165, 1.54) is 0 Å². The molecule has 0 saturated carbocycles. The second kappa shape index (κ2) is 4.30. The van der Waals surface area contributed by atoms with Crippen LogP contribution in [-0.2, 0) is 9.53 Å². The topological polar surface area (TPSA) is 72.5 Å². The van der Waals surface area contributed by atoms with Gasteiger partial charge in [-0.05, 0) is 19.1 Å². The summed E-state index contributed by atoms with van der Waals surface area (Å²) in [5.74, 6) is -0.147. The molecule has 1 heterocycles. The van der Waals surface area contributed by atoms with Gasteiger partial charge in [0.15, 0.2) is 0 Å². The fourth-order valence-corrected chi connectivity index (χ4v) is 2.11. The second-order valence-corrected chi connectivity index (χ2v) is 4.91. The Balaban J connectivity index is 2.13. The van der Waals surface area contributed by atoms with Crippen LogP contribution in [0.3, 0.4) is 0 Å². The van der Waals surface area contributed by atoms with Crippen molar-refractivity contribution in [3.05, 3.63) is 0 Å². The highest BCUT2D eigenvalue weighted by molar-refractivity contribution is 8.00. The summed E-state index contributed by atoms with van der Waals surface area (Å²) in [6.07, 6.45) is 0.503. The van der Waals surface area contributed by atoms with Crippen molar-refractivity contribution < 1.29 is 14.6 Å². The first-order valence-corrected chi connectivity index (χ1v) is 5.29. The van der Waals surface area contributed by atoms with Crippen LogP contribution < -0.4 is 5.73 Å². The Morgan fingerprint density at radius 1 is 1.77 bits per heavy atom. The zero-order valence-corrected chi connectivity index (χ0v) is 8.47. The molecule has 1 rings (SSSR count). The Morgan fingerprint density at radius 3 is 2.77 bits per heavy atom.